The second kappa shape index (κ2) is 7.76. The molecule has 0 aliphatic carbocycles. The van der Waals surface area contributed by atoms with Crippen molar-refractivity contribution in [1.82, 2.24) is 0 Å². The summed E-state index contributed by atoms with van der Waals surface area (Å²) < 4.78 is 0. The number of anilines is 1. The highest BCUT2D eigenvalue weighted by Crippen LogP contribution is 2.30. The molecule has 108 valence electrons. The van der Waals surface area contributed by atoms with Gasteiger partial charge < -0.3 is 10.6 Å². The first-order valence-electron chi connectivity index (χ1n) is 7.32. The first kappa shape index (κ1) is 16.3. The van der Waals surface area contributed by atoms with Crippen molar-refractivity contribution in [3.63, 3.8) is 0 Å². The maximum atomic E-state index is 6.45. The molecule has 1 rings (SSSR count). The predicted octanol–water partition coefficient (Wildman–Crippen LogP) is 4.76. The Hall–Kier alpha value is -0.730. The van der Waals surface area contributed by atoms with Gasteiger partial charge in [0.1, 0.15) is 0 Å². The summed E-state index contributed by atoms with van der Waals surface area (Å²) in [6.45, 7) is 9.73. The fourth-order valence-corrected chi connectivity index (χ4v) is 2.46. The number of nitrogens with zero attached hydrogens (tertiary/aromatic N) is 1. The molecule has 0 aromatic heterocycles. The molecule has 0 bridgehead atoms. The van der Waals surface area contributed by atoms with Crippen molar-refractivity contribution in [3.8, 4) is 0 Å². The standard InChI is InChI=1S/C16H27ClN2/c1-5-7-10-19(12(3)6-2)16-9-8-14(13(4)18)11-15(16)17/h8-9,11-13H,5-7,10,18H2,1-4H3/t12?,13-/m0/s1. The average Bonchev–Trinajstić information content (AvgIpc) is 2.39. The minimum atomic E-state index is 0.0271. The Bertz CT molecular complexity index is 390. The van der Waals surface area contributed by atoms with Gasteiger partial charge in [-0.25, -0.2) is 0 Å². The van der Waals surface area contributed by atoms with Crippen LogP contribution in [0.5, 0.6) is 0 Å². The Morgan fingerprint density at radius 2 is 1.95 bits per heavy atom. The van der Waals surface area contributed by atoms with Crippen LogP contribution in [0.4, 0.5) is 5.69 Å². The number of hydrogen-bond donors (Lipinski definition) is 1. The number of hydrogen-bond acceptors (Lipinski definition) is 2. The Balaban J connectivity index is 3.01. The smallest absolute Gasteiger partial charge is 0.0642 e. The lowest BCUT2D eigenvalue weighted by atomic mass is 10.1. The highest BCUT2D eigenvalue weighted by Gasteiger charge is 2.16. The van der Waals surface area contributed by atoms with E-state index in [0.717, 1.165) is 29.2 Å². The molecule has 0 radical (unpaired) electrons. The zero-order valence-corrected chi connectivity index (χ0v) is 13.4. The average molecular weight is 283 g/mol. The molecule has 0 aliphatic heterocycles. The molecule has 2 N–H and O–H groups in total. The van der Waals surface area contributed by atoms with Gasteiger partial charge in [0.25, 0.3) is 0 Å². The Labute approximate surface area is 122 Å². The molecule has 2 nitrogen and oxygen atoms in total. The number of nitrogens with two attached hydrogens (primary N) is 1. The van der Waals surface area contributed by atoms with Crippen molar-refractivity contribution in [2.24, 2.45) is 5.73 Å². The van der Waals surface area contributed by atoms with Gasteiger partial charge >= 0.3 is 0 Å². The minimum absolute atomic E-state index is 0.0271. The van der Waals surface area contributed by atoms with Gasteiger partial charge in [-0.15, -0.1) is 0 Å². The largest absolute Gasteiger partial charge is 0.368 e. The van der Waals surface area contributed by atoms with Gasteiger partial charge in [-0.05, 0) is 44.4 Å². The molecular formula is C16H27ClN2. The van der Waals surface area contributed by atoms with Gasteiger partial charge in [0.2, 0.25) is 0 Å². The van der Waals surface area contributed by atoms with Crippen molar-refractivity contribution in [2.75, 3.05) is 11.4 Å². The van der Waals surface area contributed by atoms with Crippen molar-refractivity contribution >= 4 is 17.3 Å². The van der Waals surface area contributed by atoms with E-state index in [2.05, 4.69) is 37.8 Å². The lowest BCUT2D eigenvalue weighted by Crippen LogP contribution is -2.33. The molecule has 0 aliphatic rings. The van der Waals surface area contributed by atoms with Crippen molar-refractivity contribution < 1.29 is 0 Å². The summed E-state index contributed by atoms with van der Waals surface area (Å²) >= 11 is 6.45. The summed E-state index contributed by atoms with van der Waals surface area (Å²) in [5, 5.41) is 0.811. The van der Waals surface area contributed by atoms with Crippen LogP contribution in [0, 0.1) is 0 Å². The van der Waals surface area contributed by atoms with Gasteiger partial charge in [0.05, 0.1) is 10.7 Å². The minimum Gasteiger partial charge on any atom is -0.368 e. The molecule has 1 aromatic carbocycles. The van der Waals surface area contributed by atoms with Gasteiger partial charge in [0.15, 0.2) is 0 Å². The highest BCUT2D eigenvalue weighted by molar-refractivity contribution is 6.33. The van der Waals surface area contributed by atoms with Crippen LogP contribution in [0.1, 0.15) is 58.6 Å². The molecule has 0 saturated heterocycles. The molecule has 19 heavy (non-hydrogen) atoms. The number of halogens is 1. The van der Waals surface area contributed by atoms with Crippen LogP contribution < -0.4 is 10.6 Å². The highest BCUT2D eigenvalue weighted by atomic mass is 35.5. The van der Waals surface area contributed by atoms with E-state index in [4.69, 9.17) is 17.3 Å². The third-order valence-corrected chi connectivity index (χ3v) is 3.99. The summed E-state index contributed by atoms with van der Waals surface area (Å²) in [5.74, 6) is 0. The topological polar surface area (TPSA) is 29.3 Å². The number of unbranched alkanes of at least 4 members (excludes halogenated alkanes) is 1. The lowest BCUT2D eigenvalue weighted by molar-refractivity contribution is 0.595. The molecule has 0 spiro atoms. The lowest BCUT2D eigenvalue weighted by Gasteiger charge is -2.32. The zero-order chi connectivity index (χ0) is 14.4. The van der Waals surface area contributed by atoms with Crippen LogP contribution in [0.25, 0.3) is 0 Å². The van der Waals surface area contributed by atoms with Gasteiger partial charge in [0, 0.05) is 18.6 Å². The maximum absolute atomic E-state index is 6.45. The second-order valence-electron chi connectivity index (χ2n) is 5.30. The molecule has 1 aromatic rings. The van der Waals surface area contributed by atoms with Crippen molar-refractivity contribution in [2.45, 2.75) is 59.0 Å². The van der Waals surface area contributed by atoms with E-state index in [-0.39, 0.29) is 6.04 Å². The van der Waals surface area contributed by atoms with Crippen LogP contribution in [-0.4, -0.2) is 12.6 Å². The van der Waals surface area contributed by atoms with Crippen molar-refractivity contribution in [3.05, 3.63) is 28.8 Å². The molecule has 0 amide bonds. The SMILES string of the molecule is CCCCN(c1ccc([C@H](C)N)cc1Cl)C(C)CC. The van der Waals surface area contributed by atoms with E-state index in [0.29, 0.717) is 6.04 Å². The fraction of sp³-hybridized carbons (Fsp3) is 0.625. The molecule has 2 atom stereocenters. The first-order chi connectivity index (χ1) is 9.01. The van der Waals surface area contributed by atoms with Crippen LogP contribution in [0.2, 0.25) is 5.02 Å². The third-order valence-electron chi connectivity index (χ3n) is 3.68. The molecule has 0 heterocycles. The summed E-state index contributed by atoms with van der Waals surface area (Å²) in [7, 11) is 0. The summed E-state index contributed by atoms with van der Waals surface area (Å²) in [6, 6.07) is 6.74. The van der Waals surface area contributed by atoms with E-state index in [1.54, 1.807) is 0 Å². The number of rotatable bonds is 7. The van der Waals surface area contributed by atoms with E-state index < -0.39 is 0 Å². The monoisotopic (exact) mass is 282 g/mol. The predicted molar refractivity (Wildman–Crippen MR) is 86.1 cm³/mol. The summed E-state index contributed by atoms with van der Waals surface area (Å²) in [6.07, 6.45) is 3.51. The normalized spacial score (nSPS) is 14.2. The van der Waals surface area contributed by atoms with E-state index in [1.165, 1.54) is 12.8 Å². The van der Waals surface area contributed by atoms with Crippen molar-refractivity contribution in [1.29, 1.82) is 0 Å². The Morgan fingerprint density at radius 1 is 1.26 bits per heavy atom. The summed E-state index contributed by atoms with van der Waals surface area (Å²) in [5.41, 5.74) is 8.13. The summed E-state index contributed by atoms with van der Waals surface area (Å²) in [4.78, 5) is 2.41. The number of benzene rings is 1. The maximum Gasteiger partial charge on any atom is 0.0642 e. The van der Waals surface area contributed by atoms with Gasteiger partial charge in [-0.3, -0.25) is 0 Å². The van der Waals surface area contributed by atoms with Gasteiger partial charge in [-0.2, -0.15) is 0 Å². The van der Waals surface area contributed by atoms with Crippen LogP contribution >= 0.6 is 11.6 Å². The Morgan fingerprint density at radius 3 is 2.42 bits per heavy atom. The molecule has 0 saturated carbocycles. The Kier molecular flexibility index (Phi) is 6.67. The first-order valence-corrected chi connectivity index (χ1v) is 7.70. The van der Waals surface area contributed by atoms with E-state index in [9.17, 15) is 0 Å². The van der Waals surface area contributed by atoms with Crippen LogP contribution in [-0.2, 0) is 0 Å². The van der Waals surface area contributed by atoms with E-state index in [1.807, 2.05) is 13.0 Å². The fourth-order valence-electron chi connectivity index (χ4n) is 2.17. The second-order valence-corrected chi connectivity index (χ2v) is 5.71. The molecule has 3 heteroatoms. The molecule has 1 unspecified atom stereocenters. The molecule has 0 fully saturated rings. The third kappa shape index (κ3) is 4.39. The van der Waals surface area contributed by atoms with Crippen LogP contribution in [0.3, 0.4) is 0 Å². The zero-order valence-electron chi connectivity index (χ0n) is 12.6. The quantitative estimate of drug-likeness (QED) is 0.781. The van der Waals surface area contributed by atoms with Gasteiger partial charge in [-0.1, -0.05) is 37.9 Å². The molecular weight excluding hydrogens is 256 g/mol. The van der Waals surface area contributed by atoms with E-state index >= 15 is 0 Å². The van der Waals surface area contributed by atoms with Crippen LogP contribution in [0.15, 0.2) is 18.2 Å².